The molecule has 1 atom stereocenters. The van der Waals surface area contributed by atoms with Crippen molar-refractivity contribution in [2.24, 2.45) is 0 Å². The fourth-order valence-corrected chi connectivity index (χ4v) is 2.55. The summed E-state index contributed by atoms with van der Waals surface area (Å²) in [5.41, 5.74) is 2.16. The first-order valence-electron chi connectivity index (χ1n) is 8.11. The number of ether oxygens (including phenoxy) is 1. The number of nitro benzene ring substituents is 1. The van der Waals surface area contributed by atoms with E-state index in [-0.39, 0.29) is 17.9 Å². The highest BCUT2D eigenvalue weighted by Crippen LogP contribution is 2.30. The predicted molar refractivity (Wildman–Crippen MR) is 94.1 cm³/mol. The summed E-state index contributed by atoms with van der Waals surface area (Å²) in [4.78, 5) is 22.4. The number of nitro groups is 1. The number of carbonyl (C=O) groups is 1. The van der Waals surface area contributed by atoms with E-state index >= 15 is 0 Å². The molecule has 0 fully saturated rings. The van der Waals surface area contributed by atoms with Gasteiger partial charge in [0.1, 0.15) is 0 Å². The number of benzene rings is 2. The first kappa shape index (κ1) is 18.4. The molecule has 1 unspecified atom stereocenters. The Labute approximate surface area is 146 Å². The molecule has 6 nitrogen and oxygen atoms in total. The van der Waals surface area contributed by atoms with Crippen molar-refractivity contribution >= 4 is 11.7 Å². The van der Waals surface area contributed by atoms with Crippen molar-refractivity contribution in [1.82, 2.24) is 0 Å². The van der Waals surface area contributed by atoms with Gasteiger partial charge in [-0.15, -0.1) is 0 Å². The maximum absolute atomic E-state index is 11.7. The third kappa shape index (κ3) is 4.79. The third-order valence-corrected chi connectivity index (χ3v) is 3.90. The van der Waals surface area contributed by atoms with Crippen LogP contribution in [0, 0.1) is 17.0 Å². The minimum atomic E-state index is -0.960. The molecule has 0 bridgehead atoms. The van der Waals surface area contributed by atoms with Crippen molar-refractivity contribution in [2.45, 2.75) is 32.6 Å². The Kier molecular flexibility index (Phi) is 6.11. The number of hydrogen-bond donors (Lipinski definition) is 1. The molecule has 0 saturated heterocycles. The van der Waals surface area contributed by atoms with Gasteiger partial charge in [-0.25, -0.2) is 0 Å². The van der Waals surface area contributed by atoms with E-state index < -0.39 is 16.8 Å². The van der Waals surface area contributed by atoms with Crippen LogP contribution in [0.5, 0.6) is 5.75 Å². The molecule has 132 valence electrons. The molecule has 0 spiro atoms. The number of aliphatic carboxylic acids is 1. The Morgan fingerprint density at radius 3 is 2.48 bits per heavy atom. The normalized spacial score (nSPS) is 11.8. The van der Waals surface area contributed by atoms with Crippen LogP contribution in [0.1, 0.15) is 36.0 Å². The Morgan fingerprint density at radius 2 is 1.92 bits per heavy atom. The summed E-state index contributed by atoms with van der Waals surface area (Å²) < 4.78 is 5.39. The number of carboxylic acids is 1. The fraction of sp³-hybridized carbons (Fsp3) is 0.316. The first-order valence-corrected chi connectivity index (χ1v) is 8.11. The molecule has 25 heavy (non-hydrogen) atoms. The van der Waals surface area contributed by atoms with E-state index in [2.05, 4.69) is 0 Å². The molecule has 0 aromatic heterocycles. The molecule has 0 aliphatic carbocycles. The molecule has 2 rings (SSSR count). The van der Waals surface area contributed by atoms with Gasteiger partial charge in [-0.2, -0.15) is 0 Å². The molecule has 0 aliphatic heterocycles. The van der Waals surface area contributed by atoms with Gasteiger partial charge in [-0.3, -0.25) is 14.9 Å². The van der Waals surface area contributed by atoms with Crippen LogP contribution < -0.4 is 4.74 Å². The van der Waals surface area contributed by atoms with Gasteiger partial charge < -0.3 is 9.84 Å². The number of nitrogens with zero attached hydrogens (tertiary/aromatic N) is 1. The Bertz CT molecular complexity index is 755. The van der Waals surface area contributed by atoms with Gasteiger partial charge in [0, 0.05) is 6.07 Å². The Hall–Kier alpha value is -2.89. The Morgan fingerprint density at radius 1 is 1.24 bits per heavy atom. The smallest absolute Gasteiger partial charge is 0.311 e. The average molecular weight is 343 g/mol. The summed E-state index contributed by atoms with van der Waals surface area (Å²) in [5.74, 6) is -1.52. The first-order chi connectivity index (χ1) is 11.9. The molecule has 0 radical (unpaired) electrons. The van der Waals surface area contributed by atoms with Crippen LogP contribution in [0.15, 0.2) is 42.5 Å². The molecule has 0 saturated carbocycles. The van der Waals surface area contributed by atoms with Gasteiger partial charge in [0.25, 0.3) is 0 Å². The highest BCUT2D eigenvalue weighted by Gasteiger charge is 2.23. The van der Waals surface area contributed by atoms with Crippen LogP contribution in [0.4, 0.5) is 5.69 Å². The molecule has 6 heteroatoms. The summed E-state index contributed by atoms with van der Waals surface area (Å²) in [5, 5.41) is 20.8. The van der Waals surface area contributed by atoms with Crippen LogP contribution in [0.25, 0.3) is 0 Å². The molecule has 2 aromatic carbocycles. The van der Waals surface area contributed by atoms with E-state index in [1.807, 2.05) is 26.0 Å². The number of rotatable bonds is 8. The van der Waals surface area contributed by atoms with Crippen molar-refractivity contribution in [3.8, 4) is 5.75 Å². The summed E-state index contributed by atoms with van der Waals surface area (Å²) in [7, 11) is 0. The molecule has 0 heterocycles. The van der Waals surface area contributed by atoms with Crippen LogP contribution in [-0.2, 0) is 11.2 Å². The zero-order valence-electron chi connectivity index (χ0n) is 14.3. The van der Waals surface area contributed by atoms with E-state index in [0.717, 1.165) is 12.0 Å². The SMILES string of the molecule is CCCOc1ccc(CC(C(=O)O)c2ccc(C)cc2)cc1[N+](=O)[O-]. The van der Waals surface area contributed by atoms with Crippen molar-refractivity contribution in [2.75, 3.05) is 6.61 Å². The van der Waals surface area contributed by atoms with E-state index in [1.54, 1.807) is 18.2 Å². The van der Waals surface area contributed by atoms with Crippen molar-refractivity contribution in [3.05, 3.63) is 69.3 Å². The largest absolute Gasteiger partial charge is 0.487 e. The lowest BCUT2D eigenvalue weighted by Crippen LogP contribution is -2.14. The zero-order valence-corrected chi connectivity index (χ0v) is 14.3. The lowest BCUT2D eigenvalue weighted by atomic mass is 9.91. The van der Waals surface area contributed by atoms with E-state index in [9.17, 15) is 20.0 Å². The van der Waals surface area contributed by atoms with E-state index in [0.29, 0.717) is 17.7 Å². The summed E-state index contributed by atoms with van der Waals surface area (Å²) >= 11 is 0. The standard InChI is InChI=1S/C19H21NO5/c1-3-10-25-18-9-6-14(12-17(18)20(23)24)11-16(19(21)22)15-7-4-13(2)5-8-15/h4-9,12,16H,3,10-11H2,1-2H3,(H,21,22). The lowest BCUT2D eigenvalue weighted by Gasteiger charge is -2.14. The van der Waals surface area contributed by atoms with Crippen LogP contribution >= 0.6 is 0 Å². The van der Waals surface area contributed by atoms with E-state index in [4.69, 9.17) is 4.74 Å². The average Bonchev–Trinajstić information content (AvgIpc) is 2.59. The second kappa shape index (κ2) is 8.28. The number of hydrogen-bond acceptors (Lipinski definition) is 4. The Balaban J connectivity index is 2.30. The van der Waals surface area contributed by atoms with Gasteiger partial charge in [0.2, 0.25) is 0 Å². The minimum Gasteiger partial charge on any atom is -0.487 e. The van der Waals surface area contributed by atoms with Crippen LogP contribution in [0.3, 0.4) is 0 Å². The van der Waals surface area contributed by atoms with E-state index in [1.165, 1.54) is 12.1 Å². The van der Waals surface area contributed by atoms with Crippen LogP contribution in [-0.4, -0.2) is 22.6 Å². The maximum Gasteiger partial charge on any atom is 0.311 e. The number of carboxylic acid groups (broad SMARTS) is 1. The molecule has 0 aliphatic rings. The topological polar surface area (TPSA) is 89.7 Å². The third-order valence-electron chi connectivity index (χ3n) is 3.90. The second-order valence-electron chi connectivity index (χ2n) is 5.91. The maximum atomic E-state index is 11.7. The molecular formula is C19H21NO5. The van der Waals surface area contributed by atoms with Crippen LogP contribution in [0.2, 0.25) is 0 Å². The number of aryl methyl sites for hydroxylation is 1. The molecule has 1 N–H and O–H groups in total. The van der Waals surface area contributed by atoms with Gasteiger partial charge >= 0.3 is 11.7 Å². The van der Waals surface area contributed by atoms with Crippen molar-refractivity contribution < 1.29 is 19.6 Å². The zero-order chi connectivity index (χ0) is 18.4. The van der Waals surface area contributed by atoms with Gasteiger partial charge in [-0.05, 0) is 37.0 Å². The fourth-order valence-electron chi connectivity index (χ4n) is 2.55. The highest BCUT2D eigenvalue weighted by atomic mass is 16.6. The quantitative estimate of drug-likeness (QED) is 0.575. The summed E-state index contributed by atoms with van der Waals surface area (Å²) in [6.07, 6.45) is 0.917. The monoisotopic (exact) mass is 343 g/mol. The molecular weight excluding hydrogens is 322 g/mol. The molecule has 2 aromatic rings. The van der Waals surface area contributed by atoms with Crippen molar-refractivity contribution in [3.63, 3.8) is 0 Å². The second-order valence-corrected chi connectivity index (χ2v) is 5.91. The van der Waals surface area contributed by atoms with Crippen molar-refractivity contribution in [1.29, 1.82) is 0 Å². The summed E-state index contributed by atoms with van der Waals surface area (Å²) in [6, 6.07) is 11.9. The molecule has 0 amide bonds. The van der Waals surface area contributed by atoms with Gasteiger partial charge in [0.15, 0.2) is 5.75 Å². The predicted octanol–water partition coefficient (Wildman–Crippen LogP) is 4.10. The van der Waals surface area contributed by atoms with Gasteiger partial charge in [-0.1, -0.05) is 42.8 Å². The minimum absolute atomic E-state index is 0.140. The lowest BCUT2D eigenvalue weighted by molar-refractivity contribution is -0.385. The highest BCUT2D eigenvalue weighted by molar-refractivity contribution is 5.76. The summed E-state index contributed by atoms with van der Waals surface area (Å²) in [6.45, 7) is 4.23. The van der Waals surface area contributed by atoms with Gasteiger partial charge in [0.05, 0.1) is 17.4 Å².